The molecule has 0 radical (unpaired) electrons. The molecule has 8 nitrogen and oxygen atoms in total. The van der Waals surface area contributed by atoms with Crippen LogP contribution in [0.3, 0.4) is 0 Å². The lowest BCUT2D eigenvalue weighted by molar-refractivity contribution is -0.119. The normalized spacial score (nSPS) is 17.4. The van der Waals surface area contributed by atoms with Gasteiger partial charge in [-0.1, -0.05) is 0 Å². The molecule has 1 aliphatic carbocycles. The molecule has 0 aliphatic heterocycles. The van der Waals surface area contributed by atoms with E-state index in [0.29, 0.717) is 17.2 Å². The Kier molecular flexibility index (Phi) is 4.02. The van der Waals surface area contributed by atoms with E-state index in [-0.39, 0.29) is 5.82 Å². The van der Waals surface area contributed by atoms with Crippen LogP contribution in [0.15, 0.2) is 43.0 Å². The molecule has 1 saturated carbocycles. The van der Waals surface area contributed by atoms with Crippen LogP contribution in [0.5, 0.6) is 0 Å². The van der Waals surface area contributed by atoms with Crippen molar-refractivity contribution in [1.82, 2.24) is 24.7 Å². The van der Waals surface area contributed by atoms with Crippen molar-refractivity contribution in [3.63, 3.8) is 0 Å². The topological polar surface area (TPSA) is 97.6 Å². The van der Waals surface area contributed by atoms with E-state index < -0.39 is 24.2 Å². The number of nitrogens with one attached hydrogen (secondary N) is 2. The summed E-state index contributed by atoms with van der Waals surface area (Å²) >= 11 is 0. The minimum atomic E-state index is -2.90. The van der Waals surface area contributed by atoms with Gasteiger partial charge in [0.05, 0.1) is 17.6 Å². The molecule has 138 valence electrons. The van der Waals surface area contributed by atoms with Gasteiger partial charge in [0, 0.05) is 37.6 Å². The number of carbonyl (C=O) groups excluding carboxylic acids is 1. The van der Waals surface area contributed by atoms with E-state index in [2.05, 4.69) is 30.7 Å². The van der Waals surface area contributed by atoms with Crippen molar-refractivity contribution in [3.8, 4) is 11.3 Å². The number of halogens is 2. The summed E-state index contributed by atoms with van der Waals surface area (Å²) in [5.74, 6) is -4.27. The molecular weight excluding hydrogens is 356 g/mol. The van der Waals surface area contributed by atoms with Gasteiger partial charge in [0.15, 0.2) is 0 Å². The molecule has 2 N–H and O–H groups in total. The van der Waals surface area contributed by atoms with Gasteiger partial charge >= 0.3 is 0 Å². The molecule has 3 heterocycles. The zero-order valence-electron chi connectivity index (χ0n) is 14.2. The van der Waals surface area contributed by atoms with E-state index in [0.717, 1.165) is 5.69 Å². The fraction of sp³-hybridized carbons (Fsp3) is 0.235. The monoisotopic (exact) mass is 371 g/mol. The Bertz CT molecular complexity index is 987. The van der Waals surface area contributed by atoms with Gasteiger partial charge < -0.3 is 10.6 Å². The highest BCUT2D eigenvalue weighted by atomic mass is 19.3. The third kappa shape index (κ3) is 3.73. The van der Waals surface area contributed by atoms with Gasteiger partial charge in [-0.15, -0.1) is 0 Å². The number of nitrogens with zero attached hydrogens (tertiary/aromatic N) is 5. The van der Waals surface area contributed by atoms with E-state index in [9.17, 15) is 13.6 Å². The number of aryl methyl sites for hydroxylation is 1. The quantitative estimate of drug-likeness (QED) is 0.716. The van der Waals surface area contributed by atoms with E-state index >= 15 is 0 Å². The third-order valence-electron chi connectivity index (χ3n) is 4.07. The lowest BCUT2D eigenvalue weighted by Crippen LogP contribution is -2.18. The molecule has 1 aliphatic rings. The largest absolute Gasteiger partial charge is 0.321 e. The molecule has 10 heteroatoms. The van der Waals surface area contributed by atoms with Gasteiger partial charge in [-0.05, 0) is 18.2 Å². The van der Waals surface area contributed by atoms with E-state index in [1.165, 1.54) is 6.20 Å². The maximum absolute atomic E-state index is 12.9. The number of hydrogen-bond acceptors (Lipinski definition) is 6. The first-order chi connectivity index (χ1) is 12.9. The number of anilines is 3. The van der Waals surface area contributed by atoms with Crippen LogP contribution in [0.2, 0.25) is 0 Å². The summed E-state index contributed by atoms with van der Waals surface area (Å²) in [4.78, 5) is 24.4. The standard InChI is InChI=1S/C17H15F2N7O/c1-26-9-11(8-22-26)23-16-20-5-4-13(24-16)10-2-3-14(21-7-10)25-15(27)12-6-17(12,18)19/h2-5,7-9,12H,6H2,1H3,(H,20,23,24)(H,21,25,27)/t12-/m1/s1. The summed E-state index contributed by atoms with van der Waals surface area (Å²) in [7, 11) is 1.80. The molecule has 1 amide bonds. The Balaban J connectivity index is 1.45. The maximum Gasteiger partial charge on any atom is 0.260 e. The highest BCUT2D eigenvalue weighted by Crippen LogP contribution is 2.49. The number of alkyl halides is 2. The summed E-state index contributed by atoms with van der Waals surface area (Å²) in [5.41, 5.74) is 2.07. The number of aromatic nitrogens is 5. The molecular formula is C17H15F2N7O. The number of carbonyl (C=O) groups is 1. The van der Waals surface area contributed by atoms with Crippen molar-refractivity contribution in [2.24, 2.45) is 13.0 Å². The Morgan fingerprint density at radius 2 is 2.07 bits per heavy atom. The van der Waals surface area contributed by atoms with Gasteiger partial charge in [0.1, 0.15) is 11.7 Å². The molecule has 1 atom stereocenters. The summed E-state index contributed by atoms with van der Waals surface area (Å²) in [6.45, 7) is 0. The van der Waals surface area contributed by atoms with Crippen molar-refractivity contribution in [2.75, 3.05) is 10.6 Å². The molecule has 27 heavy (non-hydrogen) atoms. The Labute approximate surface area is 152 Å². The van der Waals surface area contributed by atoms with Crippen LogP contribution < -0.4 is 10.6 Å². The summed E-state index contributed by atoms with van der Waals surface area (Å²) in [6.07, 6.45) is 6.14. The molecule has 1 fully saturated rings. The molecule has 0 saturated heterocycles. The average Bonchev–Trinajstić information content (AvgIpc) is 3.10. The molecule has 4 rings (SSSR count). The Hall–Kier alpha value is -3.43. The summed E-state index contributed by atoms with van der Waals surface area (Å²) in [5, 5.41) is 9.51. The Morgan fingerprint density at radius 3 is 2.70 bits per heavy atom. The van der Waals surface area contributed by atoms with Crippen molar-refractivity contribution in [2.45, 2.75) is 12.3 Å². The number of amides is 1. The van der Waals surface area contributed by atoms with Gasteiger partial charge in [0.2, 0.25) is 11.9 Å². The van der Waals surface area contributed by atoms with Crippen molar-refractivity contribution >= 4 is 23.4 Å². The fourth-order valence-corrected chi connectivity index (χ4v) is 2.52. The first kappa shape index (κ1) is 17.0. The molecule has 0 spiro atoms. The number of hydrogen-bond donors (Lipinski definition) is 2. The van der Waals surface area contributed by atoms with Gasteiger partial charge in [0.25, 0.3) is 5.92 Å². The lowest BCUT2D eigenvalue weighted by atomic mass is 10.2. The van der Waals surface area contributed by atoms with Crippen molar-refractivity contribution in [1.29, 1.82) is 0 Å². The Morgan fingerprint density at radius 1 is 1.26 bits per heavy atom. The minimum Gasteiger partial charge on any atom is -0.321 e. The van der Waals surface area contributed by atoms with Crippen LogP contribution >= 0.6 is 0 Å². The summed E-state index contributed by atoms with van der Waals surface area (Å²) < 4.78 is 27.5. The second kappa shape index (κ2) is 6.38. The summed E-state index contributed by atoms with van der Waals surface area (Å²) in [6, 6.07) is 4.96. The zero-order valence-corrected chi connectivity index (χ0v) is 14.2. The smallest absolute Gasteiger partial charge is 0.260 e. The van der Waals surface area contributed by atoms with E-state index in [4.69, 9.17) is 0 Å². The minimum absolute atomic E-state index is 0.217. The third-order valence-corrected chi connectivity index (χ3v) is 4.07. The molecule has 0 aromatic carbocycles. The zero-order chi connectivity index (χ0) is 19.0. The predicted octanol–water partition coefficient (Wildman–Crippen LogP) is 2.61. The molecule has 0 bridgehead atoms. The maximum atomic E-state index is 12.9. The van der Waals surface area contributed by atoms with Crippen LogP contribution in [0, 0.1) is 5.92 Å². The average molecular weight is 371 g/mol. The second-order valence-electron chi connectivity index (χ2n) is 6.23. The SMILES string of the molecule is Cn1cc(Nc2nccc(-c3ccc(NC(=O)[C@H]4CC4(F)F)nc3)n2)cn1. The van der Waals surface area contributed by atoms with Crippen LogP contribution in [0.4, 0.5) is 26.2 Å². The second-order valence-corrected chi connectivity index (χ2v) is 6.23. The fourth-order valence-electron chi connectivity index (χ4n) is 2.52. The van der Waals surface area contributed by atoms with E-state index in [1.807, 2.05) is 0 Å². The first-order valence-electron chi connectivity index (χ1n) is 8.14. The number of pyridine rings is 1. The van der Waals surface area contributed by atoms with Crippen LogP contribution in [0.25, 0.3) is 11.3 Å². The van der Waals surface area contributed by atoms with Gasteiger partial charge in [-0.2, -0.15) is 5.10 Å². The van der Waals surface area contributed by atoms with E-state index in [1.54, 1.807) is 48.5 Å². The van der Waals surface area contributed by atoms with Gasteiger partial charge in [-0.25, -0.2) is 23.7 Å². The van der Waals surface area contributed by atoms with Crippen LogP contribution in [-0.4, -0.2) is 36.6 Å². The number of rotatable bonds is 5. The molecule has 3 aromatic heterocycles. The highest BCUT2D eigenvalue weighted by molar-refractivity contribution is 5.94. The highest BCUT2D eigenvalue weighted by Gasteiger charge is 2.61. The van der Waals surface area contributed by atoms with Crippen LogP contribution in [0.1, 0.15) is 6.42 Å². The van der Waals surface area contributed by atoms with Gasteiger partial charge in [-0.3, -0.25) is 9.48 Å². The first-order valence-corrected chi connectivity index (χ1v) is 8.14. The van der Waals surface area contributed by atoms with Crippen molar-refractivity contribution < 1.29 is 13.6 Å². The van der Waals surface area contributed by atoms with Crippen molar-refractivity contribution in [3.05, 3.63) is 43.0 Å². The molecule has 0 unspecified atom stereocenters. The lowest BCUT2D eigenvalue weighted by Gasteiger charge is -2.07. The van der Waals surface area contributed by atoms with Crippen LogP contribution in [-0.2, 0) is 11.8 Å². The molecule has 3 aromatic rings. The predicted molar refractivity (Wildman–Crippen MR) is 93.4 cm³/mol.